The van der Waals surface area contributed by atoms with Gasteiger partial charge in [0.2, 0.25) is 5.95 Å². The molecule has 0 aromatic carbocycles. The van der Waals surface area contributed by atoms with E-state index in [-0.39, 0.29) is 5.97 Å². The Bertz CT molecular complexity index is 612. The lowest BCUT2D eigenvalue weighted by atomic mass is 10.3. The topological polar surface area (TPSA) is 76.1 Å². The Balaban J connectivity index is 2.13. The van der Waals surface area contributed by atoms with E-state index >= 15 is 0 Å². The Morgan fingerprint density at radius 1 is 1.45 bits per heavy atom. The highest BCUT2D eigenvalue weighted by Crippen LogP contribution is 2.29. The van der Waals surface area contributed by atoms with E-state index in [1.54, 1.807) is 25.3 Å². The number of aryl methyl sites for hydroxylation is 1. The fraction of sp³-hybridized carbons (Fsp3) is 0.462. The maximum atomic E-state index is 11.3. The second-order valence-corrected chi connectivity index (χ2v) is 5.44. The molecule has 0 aliphatic heterocycles. The van der Waals surface area contributed by atoms with Crippen molar-refractivity contribution in [3.63, 3.8) is 0 Å². The molecular formula is C13H18N4O2S. The van der Waals surface area contributed by atoms with Gasteiger partial charge in [-0.05, 0) is 19.9 Å². The van der Waals surface area contributed by atoms with Gasteiger partial charge in [0.15, 0.2) is 0 Å². The summed E-state index contributed by atoms with van der Waals surface area (Å²) in [6, 6.07) is 2.05. The number of hydrogen-bond donors (Lipinski definition) is 2. The van der Waals surface area contributed by atoms with Crippen molar-refractivity contribution in [1.82, 2.24) is 9.97 Å². The van der Waals surface area contributed by atoms with Crippen LogP contribution in [0.25, 0.3) is 10.2 Å². The van der Waals surface area contributed by atoms with Crippen molar-refractivity contribution >= 4 is 39.3 Å². The molecule has 2 aromatic rings. The van der Waals surface area contributed by atoms with Crippen LogP contribution in [0.5, 0.6) is 0 Å². The third kappa shape index (κ3) is 3.36. The van der Waals surface area contributed by atoms with E-state index in [0.717, 1.165) is 16.0 Å². The first-order chi connectivity index (χ1) is 9.63. The maximum absolute atomic E-state index is 11.3. The fourth-order valence-electron chi connectivity index (χ4n) is 1.80. The van der Waals surface area contributed by atoms with Gasteiger partial charge in [-0.25, -0.2) is 4.98 Å². The van der Waals surface area contributed by atoms with Crippen LogP contribution < -0.4 is 10.6 Å². The normalized spacial score (nSPS) is 10.6. The summed E-state index contributed by atoms with van der Waals surface area (Å²) in [5.41, 5.74) is 0. The number of nitrogens with zero attached hydrogens (tertiary/aromatic N) is 2. The Kier molecular flexibility index (Phi) is 4.73. The van der Waals surface area contributed by atoms with Crippen LogP contribution in [0.4, 0.5) is 11.8 Å². The number of hydrogen-bond acceptors (Lipinski definition) is 7. The molecule has 6 nitrogen and oxygen atoms in total. The standard InChI is InChI=1S/C13H18N4O2S/c1-4-19-10(18)5-6-15-11-9-7-8(2)20-12(9)17-13(14-3)16-11/h7H,4-6H2,1-3H3,(H2,14,15,16,17). The molecule has 0 spiro atoms. The van der Waals surface area contributed by atoms with Crippen molar-refractivity contribution in [2.75, 3.05) is 30.8 Å². The van der Waals surface area contributed by atoms with Gasteiger partial charge in [-0.1, -0.05) is 0 Å². The first-order valence-corrected chi connectivity index (χ1v) is 7.31. The van der Waals surface area contributed by atoms with Gasteiger partial charge in [0, 0.05) is 18.5 Å². The SMILES string of the molecule is CCOC(=O)CCNc1nc(NC)nc2sc(C)cc12. The van der Waals surface area contributed by atoms with Gasteiger partial charge in [0.1, 0.15) is 10.6 Å². The quantitative estimate of drug-likeness (QED) is 0.797. The molecule has 0 saturated carbocycles. The molecule has 0 atom stereocenters. The van der Waals surface area contributed by atoms with Crippen LogP contribution in [0.3, 0.4) is 0 Å². The van der Waals surface area contributed by atoms with Gasteiger partial charge in [-0.15, -0.1) is 11.3 Å². The van der Waals surface area contributed by atoms with Crippen LogP contribution >= 0.6 is 11.3 Å². The molecule has 7 heteroatoms. The van der Waals surface area contributed by atoms with Gasteiger partial charge in [0.25, 0.3) is 0 Å². The molecular weight excluding hydrogens is 276 g/mol. The molecule has 2 aromatic heterocycles. The lowest BCUT2D eigenvalue weighted by molar-refractivity contribution is -0.142. The summed E-state index contributed by atoms with van der Waals surface area (Å²) in [7, 11) is 1.78. The number of nitrogens with one attached hydrogen (secondary N) is 2. The minimum absolute atomic E-state index is 0.208. The summed E-state index contributed by atoms with van der Waals surface area (Å²) in [4.78, 5) is 22.2. The Morgan fingerprint density at radius 3 is 2.95 bits per heavy atom. The summed E-state index contributed by atoms with van der Waals surface area (Å²) in [6.45, 7) is 4.73. The molecule has 108 valence electrons. The zero-order valence-corrected chi connectivity index (χ0v) is 12.6. The molecule has 2 rings (SSSR count). The number of anilines is 2. The minimum atomic E-state index is -0.208. The number of fused-ring (bicyclic) bond motifs is 1. The van der Waals surface area contributed by atoms with E-state index in [1.807, 2.05) is 13.0 Å². The first kappa shape index (κ1) is 14.5. The summed E-state index contributed by atoms with van der Waals surface area (Å²) < 4.78 is 4.89. The van der Waals surface area contributed by atoms with Crippen molar-refractivity contribution in [3.8, 4) is 0 Å². The number of thiophene rings is 1. The predicted molar refractivity (Wildman–Crippen MR) is 81.4 cm³/mol. The van der Waals surface area contributed by atoms with Crippen molar-refractivity contribution < 1.29 is 9.53 Å². The van der Waals surface area contributed by atoms with Gasteiger partial charge in [-0.2, -0.15) is 4.98 Å². The zero-order chi connectivity index (χ0) is 14.5. The molecule has 0 aliphatic rings. The Morgan fingerprint density at radius 2 is 2.25 bits per heavy atom. The average molecular weight is 294 g/mol. The second-order valence-electron chi connectivity index (χ2n) is 4.20. The van der Waals surface area contributed by atoms with E-state index in [4.69, 9.17) is 4.74 Å². The number of ether oxygens (including phenoxy) is 1. The molecule has 20 heavy (non-hydrogen) atoms. The highest BCUT2D eigenvalue weighted by atomic mass is 32.1. The minimum Gasteiger partial charge on any atom is -0.466 e. The Labute approximate surface area is 121 Å². The molecule has 0 unspecified atom stereocenters. The largest absolute Gasteiger partial charge is 0.466 e. The lowest BCUT2D eigenvalue weighted by Gasteiger charge is -2.08. The summed E-state index contributed by atoms with van der Waals surface area (Å²) >= 11 is 1.62. The van der Waals surface area contributed by atoms with Crippen LogP contribution in [-0.2, 0) is 9.53 Å². The number of carbonyl (C=O) groups is 1. The molecule has 0 saturated heterocycles. The number of aromatic nitrogens is 2. The van der Waals surface area contributed by atoms with Crippen LogP contribution in [0.15, 0.2) is 6.07 Å². The molecule has 0 radical (unpaired) electrons. The Hall–Kier alpha value is -1.89. The number of carbonyl (C=O) groups excluding carboxylic acids is 1. The molecule has 2 heterocycles. The van der Waals surface area contributed by atoms with Crippen LogP contribution in [0.1, 0.15) is 18.2 Å². The molecule has 0 aliphatic carbocycles. The summed E-state index contributed by atoms with van der Waals surface area (Å²) in [5.74, 6) is 1.10. The first-order valence-electron chi connectivity index (χ1n) is 6.49. The summed E-state index contributed by atoms with van der Waals surface area (Å²) in [6.07, 6.45) is 0.317. The zero-order valence-electron chi connectivity index (χ0n) is 11.8. The number of esters is 1. The van der Waals surface area contributed by atoms with Gasteiger partial charge < -0.3 is 15.4 Å². The second kappa shape index (κ2) is 6.51. The summed E-state index contributed by atoms with van der Waals surface area (Å²) in [5, 5.41) is 7.10. The molecule has 0 amide bonds. The van der Waals surface area contributed by atoms with E-state index < -0.39 is 0 Å². The third-order valence-corrected chi connectivity index (χ3v) is 3.61. The molecule has 0 bridgehead atoms. The van der Waals surface area contributed by atoms with Gasteiger partial charge in [0.05, 0.1) is 18.4 Å². The van der Waals surface area contributed by atoms with Crippen molar-refractivity contribution in [2.45, 2.75) is 20.3 Å². The fourth-order valence-corrected chi connectivity index (χ4v) is 2.68. The number of rotatable bonds is 6. The van der Waals surface area contributed by atoms with Crippen molar-refractivity contribution in [1.29, 1.82) is 0 Å². The monoisotopic (exact) mass is 294 g/mol. The average Bonchev–Trinajstić information content (AvgIpc) is 2.79. The van der Waals surface area contributed by atoms with E-state index in [1.165, 1.54) is 4.88 Å². The maximum Gasteiger partial charge on any atom is 0.307 e. The highest BCUT2D eigenvalue weighted by Gasteiger charge is 2.10. The predicted octanol–water partition coefficient (Wildman–Crippen LogP) is 2.41. The smallest absolute Gasteiger partial charge is 0.307 e. The van der Waals surface area contributed by atoms with Crippen molar-refractivity contribution in [2.24, 2.45) is 0 Å². The van der Waals surface area contributed by atoms with Crippen LogP contribution in [-0.4, -0.2) is 36.1 Å². The van der Waals surface area contributed by atoms with Gasteiger partial charge >= 0.3 is 5.97 Å². The van der Waals surface area contributed by atoms with Crippen LogP contribution in [0.2, 0.25) is 0 Å². The molecule has 0 fully saturated rings. The lowest BCUT2D eigenvalue weighted by Crippen LogP contribution is -2.12. The van der Waals surface area contributed by atoms with Gasteiger partial charge in [-0.3, -0.25) is 4.79 Å². The third-order valence-electron chi connectivity index (χ3n) is 2.67. The highest BCUT2D eigenvalue weighted by molar-refractivity contribution is 7.18. The van der Waals surface area contributed by atoms with E-state index in [2.05, 4.69) is 20.6 Å². The molecule has 2 N–H and O–H groups in total. The van der Waals surface area contributed by atoms with E-state index in [0.29, 0.717) is 25.5 Å². The van der Waals surface area contributed by atoms with Crippen molar-refractivity contribution in [3.05, 3.63) is 10.9 Å². The van der Waals surface area contributed by atoms with E-state index in [9.17, 15) is 4.79 Å². The van der Waals surface area contributed by atoms with Crippen LogP contribution in [0, 0.1) is 6.92 Å².